The van der Waals surface area contributed by atoms with Crippen LogP contribution in [0.1, 0.15) is 36.3 Å². The number of hydrogen-bond acceptors (Lipinski definition) is 5. The molecule has 0 saturated heterocycles. The maximum atomic E-state index is 13.1. The Morgan fingerprint density at radius 1 is 1.10 bits per heavy atom. The van der Waals surface area contributed by atoms with E-state index in [1.54, 1.807) is 30.1 Å². The van der Waals surface area contributed by atoms with Gasteiger partial charge in [0.2, 0.25) is 0 Å². The van der Waals surface area contributed by atoms with Crippen molar-refractivity contribution in [2.24, 2.45) is 0 Å². The summed E-state index contributed by atoms with van der Waals surface area (Å²) in [6.07, 6.45) is 0.218. The van der Waals surface area contributed by atoms with Crippen LogP contribution < -0.4 is 9.80 Å². The molecule has 2 amide bonds. The van der Waals surface area contributed by atoms with Crippen molar-refractivity contribution in [1.82, 2.24) is 9.88 Å². The fourth-order valence-corrected chi connectivity index (χ4v) is 3.46. The molecule has 7 heteroatoms. The predicted molar refractivity (Wildman–Crippen MR) is 114 cm³/mol. The number of anilines is 3. The van der Waals surface area contributed by atoms with Gasteiger partial charge in [-0.25, -0.2) is 14.7 Å². The molecule has 0 saturated carbocycles. The lowest BCUT2D eigenvalue weighted by atomic mass is 10.2. The van der Waals surface area contributed by atoms with E-state index in [9.17, 15) is 9.59 Å². The summed E-state index contributed by atoms with van der Waals surface area (Å²) in [5, 5.41) is 0. The molecule has 1 aromatic carbocycles. The summed E-state index contributed by atoms with van der Waals surface area (Å²) in [7, 11) is 1.70. The van der Waals surface area contributed by atoms with E-state index >= 15 is 0 Å². The zero-order chi connectivity index (χ0) is 21.0. The fraction of sp³-hybridized carbons (Fsp3) is 0.409. The fourth-order valence-electron chi connectivity index (χ4n) is 3.46. The average Bonchev–Trinajstić information content (AvgIpc) is 2.81. The van der Waals surface area contributed by atoms with Gasteiger partial charge >= 0.3 is 6.09 Å². The van der Waals surface area contributed by atoms with Crippen molar-refractivity contribution in [3.63, 3.8) is 0 Å². The highest BCUT2D eigenvalue weighted by Crippen LogP contribution is 2.39. The number of aromatic nitrogens is 1. The first-order valence-corrected chi connectivity index (χ1v) is 10.0. The molecule has 0 atom stereocenters. The molecule has 0 bridgehead atoms. The van der Waals surface area contributed by atoms with E-state index in [0.717, 1.165) is 31.7 Å². The van der Waals surface area contributed by atoms with E-state index in [-0.39, 0.29) is 5.91 Å². The molecule has 154 valence electrons. The van der Waals surface area contributed by atoms with Gasteiger partial charge in [-0.05, 0) is 50.7 Å². The zero-order valence-corrected chi connectivity index (χ0v) is 17.5. The molecule has 2 heterocycles. The Kier molecular flexibility index (Phi) is 6.49. The molecular weight excluding hydrogens is 368 g/mol. The van der Waals surface area contributed by atoms with Crippen LogP contribution >= 0.6 is 0 Å². The minimum atomic E-state index is -0.528. The number of amides is 2. The Balaban J connectivity index is 1.92. The number of benzene rings is 1. The van der Waals surface area contributed by atoms with Gasteiger partial charge in [-0.2, -0.15) is 0 Å². The number of hydrogen-bond donors (Lipinski definition) is 0. The quantitative estimate of drug-likeness (QED) is 0.691. The SMILES string of the molecule is CCN(CC)CCCOC(=O)N1c2ccccc2N(C)C(=O)c2ccc(C)nc21. The molecular formula is C22H28N4O3. The first-order valence-electron chi connectivity index (χ1n) is 10.0. The largest absolute Gasteiger partial charge is 0.449 e. The minimum Gasteiger partial charge on any atom is -0.449 e. The molecule has 0 fully saturated rings. The van der Waals surface area contributed by atoms with Crippen LogP contribution in [-0.4, -0.2) is 55.2 Å². The monoisotopic (exact) mass is 396 g/mol. The minimum absolute atomic E-state index is 0.211. The third kappa shape index (κ3) is 4.24. The number of carbonyl (C=O) groups excluding carboxylic acids is 2. The number of para-hydroxylation sites is 2. The molecule has 1 aliphatic heterocycles. The Labute approximate surface area is 171 Å². The first-order chi connectivity index (χ1) is 14.0. The first kappa shape index (κ1) is 20.8. The molecule has 1 aromatic heterocycles. The smallest absolute Gasteiger partial charge is 0.420 e. The summed E-state index contributed by atoms with van der Waals surface area (Å²) >= 11 is 0. The van der Waals surface area contributed by atoms with Gasteiger partial charge in [-0.15, -0.1) is 0 Å². The molecule has 7 nitrogen and oxygen atoms in total. The van der Waals surface area contributed by atoms with Crippen molar-refractivity contribution in [3.8, 4) is 0 Å². The summed E-state index contributed by atoms with van der Waals surface area (Å²) in [5.74, 6) is 0.0947. The summed E-state index contributed by atoms with van der Waals surface area (Å²) < 4.78 is 5.59. The lowest BCUT2D eigenvalue weighted by Gasteiger charge is -2.24. The Bertz CT molecular complexity index is 895. The van der Waals surface area contributed by atoms with E-state index in [2.05, 4.69) is 23.7 Å². The maximum Gasteiger partial charge on any atom is 0.420 e. The van der Waals surface area contributed by atoms with E-state index in [0.29, 0.717) is 29.4 Å². The van der Waals surface area contributed by atoms with E-state index in [1.807, 2.05) is 25.1 Å². The van der Waals surface area contributed by atoms with E-state index in [4.69, 9.17) is 4.74 Å². The molecule has 0 unspecified atom stereocenters. The van der Waals surface area contributed by atoms with Gasteiger partial charge in [0, 0.05) is 19.3 Å². The highest BCUT2D eigenvalue weighted by atomic mass is 16.6. The molecule has 0 N–H and O–H groups in total. The molecule has 3 rings (SSSR count). The van der Waals surface area contributed by atoms with Crippen LogP contribution in [0.25, 0.3) is 0 Å². The Morgan fingerprint density at radius 2 is 1.79 bits per heavy atom. The zero-order valence-electron chi connectivity index (χ0n) is 17.5. The van der Waals surface area contributed by atoms with Crippen LogP contribution in [0.5, 0.6) is 0 Å². The lowest BCUT2D eigenvalue weighted by molar-refractivity contribution is 0.0994. The summed E-state index contributed by atoms with van der Waals surface area (Å²) in [6, 6.07) is 10.8. The van der Waals surface area contributed by atoms with Crippen molar-refractivity contribution >= 4 is 29.2 Å². The number of ether oxygens (including phenoxy) is 1. The van der Waals surface area contributed by atoms with Gasteiger partial charge in [0.05, 0.1) is 23.5 Å². The van der Waals surface area contributed by atoms with Gasteiger partial charge < -0.3 is 14.5 Å². The van der Waals surface area contributed by atoms with Crippen molar-refractivity contribution < 1.29 is 14.3 Å². The van der Waals surface area contributed by atoms with Crippen molar-refractivity contribution in [2.45, 2.75) is 27.2 Å². The number of rotatable bonds is 6. The second-order valence-corrected chi connectivity index (χ2v) is 7.01. The number of fused-ring (bicyclic) bond motifs is 2. The molecule has 0 aliphatic carbocycles. The summed E-state index contributed by atoms with van der Waals surface area (Å²) in [4.78, 5) is 35.8. The van der Waals surface area contributed by atoms with Crippen LogP contribution in [0, 0.1) is 6.92 Å². The number of pyridine rings is 1. The highest BCUT2D eigenvalue weighted by Gasteiger charge is 2.34. The molecule has 0 spiro atoms. The second-order valence-electron chi connectivity index (χ2n) is 7.01. The normalized spacial score (nSPS) is 13.2. The average molecular weight is 396 g/mol. The van der Waals surface area contributed by atoms with E-state index in [1.165, 1.54) is 4.90 Å². The summed E-state index contributed by atoms with van der Waals surface area (Å²) in [6.45, 7) is 9.16. The Hall–Kier alpha value is -2.93. The molecule has 0 radical (unpaired) electrons. The van der Waals surface area contributed by atoms with Crippen LogP contribution in [-0.2, 0) is 4.74 Å². The van der Waals surface area contributed by atoms with Crippen LogP contribution in [0.4, 0.5) is 22.0 Å². The lowest BCUT2D eigenvalue weighted by Crippen LogP contribution is -2.30. The third-order valence-electron chi connectivity index (χ3n) is 5.17. The number of aryl methyl sites for hydroxylation is 1. The number of carbonyl (C=O) groups is 2. The van der Waals surface area contributed by atoms with Gasteiger partial charge in [-0.3, -0.25) is 4.79 Å². The van der Waals surface area contributed by atoms with Crippen molar-refractivity contribution in [2.75, 3.05) is 43.1 Å². The van der Waals surface area contributed by atoms with Crippen LogP contribution in [0.3, 0.4) is 0 Å². The van der Waals surface area contributed by atoms with Gasteiger partial charge in [-0.1, -0.05) is 26.0 Å². The topological polar surface area (TPSA) is 66.0 Å². The van der Waals surface area contributed by atoms with Gasteiger partial charge in [0.15, 0.2) is 5.82 Å². The van der Waals surface area contributed by atoms with Crippen molar-refractivity contribution in [3.05, 3.63) is 47.7 Å². The second kappa shape index (κ2) is 9.05. The maximum absolute atomic E-state index is 13.1. The predicted octanol–water partition coefficient (Wildman–Crippen LogP) is 3.99. The number of nitrogens with zero attached hydrogens (tertiary/aromatic N) is 4. The summed E-state index contributed by atoms with van der Waals surface area (Å²) in [5.41, 5.74) is 2.30. The molecule has 1 aliphatic rings. The Morgan fingerprint density at radius 3 is 2.48 bits per heavy atom. The van der Waals surface area contributed by atoms with Crippen LogP contribution in [0.2, 0.25) is 0 Å². The molecule has 2 aromatic rings. The van der Waals surface area contributed by atoms with Crippen LogP contribution in [0.15, 0.2) is 36.4 Å². The third-order valence-corrected chi connectivity index (χ3v) is 5.17. The van der Waals surface area contributed by atoms with Gasteiger partial charge in [0.25, 0.3) is 5.91 Å². The molecule has 29 heavy (non-hydrogen) atoms. The van der Waals surface area contributed by atoms with E-state index < -0.39 is 6.09 Å². The van der Waals surface area contributed by atoms with Gasteiger partial charge in [0.1, 0.15) is 0 Å². The highest BCUT2D eigenvalue weighted by molar-refractivity contribution is 6.16. The standard InChI is InChI=1S/C22H28N4O3/c1-5-25(6-2)14-9-15-29-22(28)26-19-11-8-7-10-18(19)24(4)21(27)17-13-12-16(3)23-20(17)26/h7-8,10-13H,5-6,9,14-15H2,1-4H3. The van der Waals surface area contributed by atoms with Crippen molar-refractivity contribution in [1.29, 1.82) is 0 Å².